The smallest absolute Gasteiger partial charge is 0.240 e. The molecule has 1 fully saturated rings. The highest BCUT2D eigenvalue weighted by atomic mass is 35.5. The van der Waals surface area contributed by atoms with Crippen LogP contribution in [0.3, 0.4) is 0 Å². The lowest BCUT2D eigenvalue weighted by Crippen LogP contribution is -2.45. The summed E-state index contributed by atoms with van der Waals surface area (Å²) >= 11 is 6.01. The average Bonchev–Trinajstić information content (AvgIpc) is 2.40. The van der Waals surface area contributed by atoms with Gasteiger partial charge in [-0.05, 0) is 24.1 Å². The number of benzene rings is 1. The Hall–Kier alpha value is -0.710. The van der Waals surface area contributed by atoms with Crippen molar-refractivity contribution in [3.8, 4) is 0 Å². The van der Waals surface area contributed by atoms with Crippen LogP contribution in [0.2, 0.25) is 5.02 Å². The lowest BCUT2D eigenvalue weighted by molar-refractivity contribution is 0.0739. The summed E-state index contributed by atoms with van der Waals surface area (Å²) in [4.78, 5) is 2.13. The maximum atomic E-state index is 12.8. The van der Waals surface area contributed by atoms with Gasteiger partial charge in [-0.3, -0.25) is 4.90 Å². The van der Waals surface area contributed by atoms with Gasteiger partial charge >= 0.3 is 0 Å². The first-order valence-corrected chi connectivity index (χ1v) is 6.94. The van der Waals surface area contributed by atoms with Crippen molar-refractivity contribution in [3.05, 3.63) is 34.3 Å². The van der Waals surface area contributed by atoms with E-state index in [1.165, 1.54) is 0 Å². The maximum Gasteiger partial charge on any atom is 0.240 e. The van der Waals surface area contributed by atoms with Crippen LogP contribution in [-0.2, 0) is 0 Å². The molecule has 1 atom stereocenters. The van der Waals surface area contributed by atoms with E-state index in [1.54, 1.807) is 6.07 Å². The molecule has 5 heteroatoms. The van der Waals surface area contributed by atoms with Crippen molar-refractivity contribution < 1.29 is 8.78 Å². The molecule has 2 nitrogen and oxygen atoms in total. The van der Waals surface area contributed by atoms with Gasteiger partial charge in [0, 0.05) is 43.7 Å². The molecule has 0 unspecified atom stereocenters. The van der Waals surface area contributed by atoms with Gasteiger partial charge in [0.25, 0.3) is 0 Å². The van der Waals surface area contributed by atoms with Crippen molar-refractivity contribution in [2.24, 2.45) is 0 Å². The molecule has 1 aliphatic rings. The maximum absolute atomic E-state index is 12.8. The number of piperazine rings is 1. The zero-order valence-corrected chi connectivity index (χ0v) is 11.8. The zero-order valence-electron chi connectivity index (χ0n) is 11.0. The molecule has 106 valence electrons. The number of alkyl halides is 2. The highest BCUT2D eigenvalue weighted by molar-refractivity contribution is 6.31. The standard InChI is InChI=1S/C14H19ClF2N2/c1-10-8-11(2-3-12(10)15)13(9-14(16)17)19-6-4-18-5-7-19/h2-3,8,13-14,18H,4-7,9H2,1H3/t13-/m1/s1. The number of hydrogen-bond acceptors (Lipinski definition) is 2. The molecule has 1 aliphatic heterocycles. The molecule has 0 saturated carbocycles. The predicted octanol–water partition coefficient (Wildman–Crippen LogP) is 3.25. The summed E-state index contributed by atoms with van der Waals surface area (Å²) in [6.45, 7) is 5.22. The van der Waals surface area contributed by atoms with E-state index >= 15 is 0 Å². The molecule has 1 N–H and O–H groups in total. The number of nitrogens with one attached hydrogen (secondary N) is 1. The van der Waals surface area contributed by atoms with E-state index < -0.39 is 6.43 Å². The van der Waals surface area contributed by atoms with Crippen molar-refractivity contribution >= 4 is 11.6 Å². The van der Waals surface area contributed by atoms with Crippen LogP contribution in [0.25, 0.3) is 0 Å². The summed E-state index contributed by atoms with van der Waals surface area (Å²) in [6.07, 6.45) is -2.42. The normalized spacial score (nSPS) is 18.8. The Morgan fingerprint density at radius 2 is 2.00 bits per heavy atom. The Kier molecular flexibility index (Phi) is 5.13. The Morgan fingerprint density at radius 1 is 1.32 bits per heavy atom. The first-order valence-electron chi connectivity index (χ1n) is 6.57. The van der Waals surface area contributed by atoms with Gasteiger partial charge in [0.05, 0.1) is 0 Å². The first-order chi connectivity index (χ1) is 9.08. The SMILES string of the molecule is Cc1cc([C@@H](CC(F)F)N2CCNCC2)ccc1Cl. The van der Waals surface area contributed by atoms with Gasteiger partial charge in [0.15, 0.2) is 0 Å². The average molecular weight is 289 g/mol. The largest absolute Gasteiger partial charge is 0.314 e. The van der Waals surface area contributed by atoms with Crippen molar-refractivity contribution in [2.45, 2.75) is 25.8 Å². The number of aryl methyl sites for hydroxylation is 1. The Balaban J connectivity index is 2.22. The van der Waals surface area contributed by atoms with Crippen LogP contribution in [0, 0.1) is 6.92 Å². The van der Waals surface area contributed by atoms with Crippen LogP contribution in [0.4, 0.5) is 8.78 Å². The second kappa shape index (κ2) is 6.64. The molecule has 1 aromatic carbocycles. The van der Waals surface area contributed by atoms with Crippen molar-refractivity contribution in [2.75, 3.05) is 26.2 Å². The van der Waals surface area contributed by atoms with Gasteiger partial charge in [-0.1, -0.05) is 23.7 Å². The summed E-state index contributed by atoms with van der Waals surface area (Å²) in [6, 6.07) is 5.37. The minimum absolute atomic E-state index is 0.124. The molecule has 1 heterocycles. The third kappa shape index (κ3) is 3.88. The fourth-order valence-electron chi connectivity index (χ4n) is 2.53. The summed E-state index contributed by atoms with van der Waals surface area (Å²) in [7, 11) is 0. The topological polar surface area (TPSA) is 15.3 Å². The van der Waals surface area contributed by atoms with Gasteiger partial charge in [-0.25, -0.2) is 8.78 Å². The van der Waals surface area contributed by atoms with Gasteiger partial charge in [0.1, 0.15) is 0 Å². The monoisotopic (exact) mass is 288 g/mol. The lowest BCUT2D eigenvalue weighted by atomic mass is 9.99. The summed E-state index contributed by atoms with van der Waals surface area (Å²) in [5.74, 6) is 0. The van der Waals surface area contributed by atoms with E-state index in [4.69, 9.17) is 11.6 Å². The number of halogens is 3. The number of nitrogens with zero attached hydrogens (tertiary/aromatic N) is 1. The summed E-state index contributed by atoms with van der Waals surface area (Å²) in [5.41, 5.74) is 1.87. The van der Waals surface area contributed by atoms with Crippen LogP contribution in [0.15, 0.2) is 18.2 Å². The van der Waals surface area contributed by atoms with Crippen LogP contribution in [-0.4, -0.2) is 37.5 Å². The van der Waals surface area contributed by atoms with E-state index in [9.17, 15) is 8.78 Å². The zero-order chi connectivity index (χ0) is 13.8. The van der Waals surface area contributed by atoms with Crippen molar-refractivity contribution in [1.82, 2.24) is 10.2 Å². The van der Waals surface area contributed by atoms with Gasteiger partial charge in [0.2, 0.25) is 6.43 Å². The molecule has 0 aliphatic carbocycles. The van der Waals surface area contributed by atoms with Crippen LogP contribution in [0.1, 0.15) is 23.6 Å². The second-order valence-corrected chi connectivity index (χ2v) is 5.34. The number of rotatable bonds is 4. The molecule has 1 saturated heterocycles. The van der Waals surface area contributed by atoms with Gasteiger partial charge < -0.3 is 5.32 Å². The van der Waals surface area contributed by atoms with E-state index in [0.29, 0.717) is 5.02 Å². The van der Waals surface area contributed by atoms with E-state index in [0.717, 1.165) is 37.3 Å². The molecule has 19 heavy (non-hydrogen) atoms. The third-order valence-corrected chi connectivity index (χ3v) is 3.98. The van der Waals surface area contributed by atoms with Crippen LogP contribution < -0.4 is 5.32 Å². The molecule has 0 amide bonds. The van der Waals surface area contributed by atoms with Gasteiger partial charge in [-0.2, -0.15) is 0 Å². The summed E-state index contributed by atoms with van der Waals surface area (Å²) in [5, 5.41) is 3.93. The quantitative estimate of drug-likeness (QED) is 0.915. The number of hydrogen-bond donors (Lipinski definition) is 1. The second-order valence-electron chi connectivity index (χ2n) is 4.94. The molecule has 0 bridgehead atoms. The third-order valence-electron chi connectivity index (χ3n) is 3.56. The molecular weight excluding hydrogens is 270 g/mol. The van der Waals surface area contributed by atoms with Crippen LogP contribution >= 0.6 is 11.6 Å². The fraction of sp³-hybridized carbons (Fsp3) is 0.571. The van der Waals surface area contributed by atoms with Crippen LogP contribution in [0.5, 0.6) is 0 Å². The van der Waals surface area contributed by atoms with Crippen molar-refractivity contribution in [1.29, 1.82) is 0 Å². The molecule has 0 radical (unpaired) electrons. The predicted molar refractivity (Wildman–Crippen MR) is 74.0 cm³/mol. The summed E-state index contributed by atoms with van der Waals surface area (Å²) < 4.78 is 25.7. The minimum Gasteiger partial charge on any atom is -0.314 e. The molecule has 2 rings (SSSR count). The van der Waals surface area contributed by atoms with E-state index in [2.05, 4.69) is 10.2 Å². The van der Waals surface area contributed by atoms with Crippen molar-refractivity contribution in [3.63, 3.8) is 0 Å². The molecule has 1 aromatic rings. The Morgan fingerprint density at radius 3 is 2.58 bits per heavy atom. The minimum atomic E-state index is -2.30. The Labute approximate surface area is 117 Å². The molecule has 0 aromatic heterocycles. The van der Waals surface area contributed by atoms with E-state index in [1.807, 2.05) is 19.1 Å². The fourth-order valence-corrected chi connectivity index (χ4v) is 2.65. The highest BCUT2D eigenvalue weighted by Crippen LogP contribution is 2.30. The van der Waals surface area contributed by atoms with E-state index in [-0.39, 0.29) is 12.5 Å². The molecular formula is C14H19ClF2N2. The Bertz CT molecular complexity index is 420. The lowest BCUT2D eigenvalue weighted by Gasteiger charge is -2.35. The highest BCUT2D eigenvalue weighted by Gasteiger charge is 2.25. The first kappa shape index (κ1) is 14.7. The van der Waals surface area contributed by atoms with Gasteiger partial charge in [-0.15, -0.1) is 0 Å². The molecule has 0 spiro atoms.